The van der Waals surface area contributed by atoms with Crippen LogP contribution in [0, 0.1) is 18.2 Å². The number of carbonyl (C=O) groups excluding carboxylic acids is 2. The minimum atomic E-state index is -0.632. The van der Waals surface area contributed by atoms with E-state index in [1.807, 2.05) is 13.8 Å². The van der Waals surface area contributed by atoms with Crippen LogP contribution >= 0.6 is 0 Å². The SMILES string of the molecule is CCC[C@@H](O)COc1ccc(F)c(-c2nc(C(C(C)=O)=C(C)N)c(C)c(N3CC4(CCN(C(=O)OCC)C4)C3)n2)c1. The van der Waals surface area contributed by atoms with Crippen molar-refractivity contribution in [2.45, 2.75) is 60.0 Å². The number of Topliss-reactive ketones (excluding diaryl/α,β-unsaturated/α-hetero) is 1. The van der Waals surface area contributed by atoms with Crippen molar-refractivity contribution < 1.29 is 28.6 Å². The van der Waals surface area contributed by atoms with E-state index in [2.05, 4.69) is 9.88 Å². The summed E-state index contributed by atoms with van der Waals surface area (Å²) in [4.78, 5) is 38.1. The number of allylic oxidation sites excluding steroid dienone is 2. The highest BCUT2D eigenvalue weighted by Crippen LogP contribution is 2.43. The molecular weight excluding hydrogens is 529 g/mol. The van der Waals surface area contributed by atoms with Crippen LogP contribution in [0.5, 0.6) is 5.75 Å². The van der Waals surface area contributed by atoms with Crippen LogP contribution in [0.25, 0.3) is 17.0 Å². The van der Waals surface area contributed by atoms with Gasteiger partial charge in [-0.25, -0.2) is 19.2 Å². The summed E-state index contributed by atoms with van der Waals surface area (Å²) < 4.78 is 26.1. The van der Waals surface area contributed by atoms with Gasteiger partial charge in [0.05, 0.1) is 29.5 Å². The Labute approximate surface area is 240 Å². The molecule has 1 amide bonds. The average molecular weight is 570 g/mol. The van der Waals surface area contributed by atoms with Gasteiger partial charge in [-0.05, 0) is 58.7 Å². The van der Waals surface area contributed by atoms with Crippen molar-refractivity contribution in [3.05, 3.63) is 41.0 Å². The summed E-state index contributed by atoms with van der Waals surface area (Å²) in [6, 6.07) is 4.27. The van der Waals surface area contributed by atoms with E-state index in [0.717, 1.165) is 12.8 Å². The molecule has 222 valence electrons. The Morgan fingerprint density at radius 2 is 1.93 bits per heavy atom. The first-order valence-corrected chi connectivity index (χ1v) is 14.1. The normalized spacial score (nSPS) is 17.2. The van der Waals surface area contributed by atoms with E-state index >= 15 is 4.39 Å². The zero-order valence-electron chi connectivity index (χ0n) is 24.5. The van der Waals surface area contributed by atoms with Crippen LogP contribution in [0.1, 0.15) is 58.2 Å². The number of aliphatic hydroxyl groups is 1. The number of halogens is 1. The van der Waals surface area contributed by atoms with Gasteiger partial charge in [0.1, 0.15) is 24.0 Å². The van der Waals surface area contributed by atoms with Gasteiger partial charge in [-0.1, -0.05) is 13.3 Å². The Morgan fingerprint density at radius 3 is 2.56 bits per heavy atom. The fourth-order valence-corrected chi connectivity index (χ4v) is 5.66. The molecule has 0 radical (unpaired) electrons. The number of ether oxygens (including phenoxy) is 2. The van der Waals surface area contributed by atoms with Crippen LogP contribution < -0.4 is 15.4 Å². The van der Waals surface area contributed by atoms with Crippen molar-refractivity contribution >= 4 is 23.3 Å². The van der Waals surface area contributed by atoms with Gasteiger partial charge in [-0.3, -0.25) is 4.79 Å². The van der Waals surface area contributed by atoms with Crippen molar-refractivity contribution in [2.75, 3.05) is 44.3 Å². The molecule has 0 bridgehead atoms. The molecule has 3 N–H and O–H groups in total. The molecule has 1 atom stereocenters. The number of hydrogen-bond acceptors (Lipinski definition) is 9. The van der Waals surface area contributed by atoms with Gasteiger partial charge in [0.2, 0.25) is 0 Å². The number of aliphatic hydroxyl groups excluding tert-OH is 1. The van der Waals surface area contributed by atoms with Crippen LogP contribution in [-0.2, 0) is 9.53 Å². The summed E-state index contributed by atoms with van der Waals surface area (Å²) in [7, 11) is 0. The number of anilines is 1. The van der Waals surface area contributed by atoms with Crippen LogP contribution in [0.15, 0.2) is 23.9 Å². The molecule has 0 aliphatic carbocycles. The molecule has 2 aliphatic heterocycles. The molecule has 1 spiro atoms. The fraction of sp³-hybridized carbons (Fsp3) is 0.533. The van der Waals surface area contributed by atoms with Crippen LogP contribution in [-0.4, -0.2) is 77.3 Å². The molecule has 2 aromatic rings. The van der Waals surface area contributed by atoms with Crippen LogP contribution in [0.4, 0.5) is 15.0 Å². The van der Waals surface area contributed by atoms with Crippen molar-refractivity contribution in [2.24, 2.45) is 11.1 Å². The largest absolute Gasteiger partial charge is 0.491 e. The van der Waals surface area contributed by atoms with Gasteiger partial charge in [0.15, 0.2) is 11.6 Å². The van der Waals surface area contributed by atoms with Gasteiger partial charge >= 0.3 is 6.09 Å². The molecule has 11 heteroatoms. The second kappa shape index (κ2) is 12.4. The first-order valence-electron chi connectivity index (χ1n) is 14.1. The predicted molar refractivity (Wildman–Crippen MR) is 154 cm³/mol. The summed E-state index contributed by atoms with van der Waals surface area (Å²) in [6.45, 7) is 11.5. The number of ketones is 1. The molecule has 10 nitrogen and oxygen atoms in total. The Kier molecular flexibility index (Phi) is 9.16. The third-order valence-electron chi connectivity index (χ3n) is 7.66. The number of hydrogen-bond donors (Lipinski definition) is 2. The van der Waals surface area contributed by atoms with E-state index < -0.39 is 11.9 Å². The maximum absolute atomic E-state index is 15.2. The third kappa shape index (κ3) is 6.45. The van der Waals surface area contributed by atoms with Crippen molar-refractivity contribution in [1.82, 2.24) is 14.9 Å². The second-order valence-electron chi connectivity index (χ2n) is 11.1. The lowest BCUT2D eigenvalue weighted by atomic mass is 9.79. The van der Waals surface area contributed by atoms with E-state index in [4.69, 9.17) is 20.2 Å². The molecule has 1 aromatic carbocycles. The summed E-state index contributed by atoms with van der Waals surface area (Å²) >= 11 is 0. The number of likely N-dealkylation sites (tertiary alicyclic amines) is 1. The fourth-order valence-electron chi connectivity index (χ4n) is 5.66. The number of rotatable bonds is 10. The van der Waals surface area contributed by atoms with Gasteiger partial charge in [-0.2, -0.15) is 0 Å². The monoisotopic (exact) mass is 569 g/mol. The van der Waals surface area contributed by atoms with E-state index in [0.29, 0.717) is 67.7 Å². The molecule has 1 aromatic heterocycles. The lowest BCUT2D eigenvalue weighted by molar-refractivity contribution is -0.111. The number of nitrogens with zero attached hydrogens (tertiary/aromatic N) is 4. The van der Waals surface area contributed by atoms with Crippen LogP contribution in [0.2, 0.25) is 0 Å². The summed E-state index contributed by atoms with van der Waals surface area (Å²) in [5.74, 6) is 0.236. The second-order valence-corrected chi connectivity index (χ2v) is 11.1. The van der Waals surface area contributed by atoms with Gasteiger partial charge in [-0.15, -0.1) is 0 Å². The van der Waals surface area contributed by atoms with Crippen LogP contribution in [0.3, 0.4) is 0 Å². The summed E-state index contributed by atoms with van der Waals surface area (Å²) in [5, 5.41) is 10.1. The summed E-state index contributed by atoms with van der Waals surface area (Å²) in [5.41, 5.74) is 7.72. The highest BCUT2D eigenvalue weighted by atomic mass is 19.1. The Morgan fingerprint density at radius 1 is 1.20 bits per heavy atom. The number of amides is 1. The maximum Gasteiger partial charge on any atom is 0.409 e. The minimum Gasteiger partial charge on any atom is -0.491 e. The lowest BCUT2D eigenvalue weighted by Gasteiger charge is -2.49. The molecule has 2 aliphatic rings. The van der Waals surface area contributed by atoms with E-state index in [-0.39, 0.29) is 40.9 Å². The Bertz CT molecular complexity index is 1340. The molecule has 41 heavy (non-hydrogen) atoms. The molecule has 2 saturated heterocycles. The van der Waals surface area contributed by atoms with E-state index in [9.17, 15) is 14.7 Å². The Balaban J connectivity index is 1.70. The molecule has 2 fully saturated rings. The van der Waals surface area contributed by atoms with Crippen molar-refractivity contribution in [3.63, 3.8) is 0 Å². The third-order valence-corrected chi connectivity index (χ3v) is 7.66. The smallest absolute Gasteiger partial charge is 0.409 e. The maximum atomic E-state index is 15.2. The van der Waals surface area contributed by atoms with Gasteiger partial charge in [0.25, 0.3) is 0 Å². The van der Waals surface area contributed by atoms with Gasteiger partial charge in [0, 0.05) is 42.9 Å². The zero-order chi connectivity index (χ0) is 29.9. The van der Waals surface area contributed by atoms with E-state index in [1.54, 1.807) is 18.7 Å². The quantitative estimate of drug-likeness (QED) is 0.406. The average Bonchev–Trinajstić information content (AvgIpc) is 3.35. The van der Waals surface area contributed by atoms with Gasteiger partial charge < -0.3 is 30.1 Å². The molecule has 0 unspecified atom stereocenters. The predicted octanol–water partition coefficient (Wildman–Crippen LogP) is 4.08. The zero-order valence-corrected chi connectivity index (χ0v) is 24.5. The molecule has 3 heterocycles. The summed E-state index contributed by atoms with van der Waals surface area (Å²) in [6.07, 6.45) is 1.31. The highest BCUT2D eigenvalue weighted by Gasteiger charge is 2.50. The first kappa shape index (κ1) is 30.2. The van der Waals surface area contributed by atoms with E-state index in [1.165, 1.54) is 25.1 Å². The molecular formula is C30H40FN5O5. The number of nitrogens with two attached hydrogens (primary N) is 1. The number of carbonyl (C=O) groups is 2. The molecule has 0 saturated carbocycles. The Hall–Kier alpha value is -3.73. The van der Waals surface area contributed by atoms with Crippen molar-refractivity contribution in [1.29, 1.82) is 0 Å². The van der Waals surface area contributed by atoms with Crippen molar-refractivity contribution in [3.8, 4) is 17.1 Å². The standard InChI is InChI=1S/C30H40FN5O5/c1-6-8-21(38)14-41-22-9-10-24(31)23(13-22)27-33-26(25(19(4)32)20(5)37)18(3)28(34-27)36-16-30(17-36)11-12-35(15-30)29(39)40-7-2/h9-10,13,21,38H,6-8,11-12,14-17,32H2,1-5H3/t21-/m1/s1. The number of aromatic nitrogens is 2. The topological polar surface area (TPSA) is 131 Å². The number of benzene rings is 1. The first-order chi connectivity index (χ1) is 19.5. The lowest BCUT2D eigenvalue weighted by Crippen LogP contribution is -2.58. The highest BCUT2D eigenvalue weighted by molar-refractivity contribution is 6.20. The minimum absolute atomic E-state index is 0.0758. The molecule has 4 rings (SSSR count).